The van der Waals surface area contributed by atoms with Crippen LogP contribution in [0.4, 0.5) is 5.69 Å². The third kappa shape index (κ3) is 3.08. The summed E-state index contributed by atoms with van der Waals surface area (Å²) >= 11 is 0. The van der Waals surface area contributed by atoms with E-state index in [2.05, 4.69) is 15.3 Å². The predicted octanol–water partition coefficient (Wildman–Crippen LogP) is 1.92. The molecular formula is C14H16N4O3. The van der Waals surface area contributed by atoms with Crippen molar-refractivity contribution in [3.63, 3.8) is 0 Å². The minimum Gasteiger partial charge on any atom is -0.477 e. The van der Waals surface area contributed by atoms with Gasteiger partial charge in [-0.05, 0) is 37.9 Å². The van der Waals surface area contributed by atoms with Gasteiger partial charge in [0.1, 0.15) is 6.33 Å². The fourth-order valence-electron chi connectivity index (χ4n) is 2.53. The monoisotopic (exact) mass is 288 g/mol. The molecule has 0 radical (unpaired) electrons. The molecule has 1 aliphatic heterocycles. The maximum Gasteiger partial charge on any atom is 0.270 e. The Morgan fingerprint density at radius 1 is 1.43 bits per heavy atom. The zero-order valence-electron chi connectivity index (χ0n) is 11.5. The van der Waals surface area contributed by atoms with Crippen molar-refractivity contribution in [1.82, 2.24) is 15.3 Å². The fourth-order valence-corrected chi connectivity index (χ4v) is 2.53. The summed E-state index contributed by atoms with van der Waals surface area (Å²) in [5, 5.41) is 14.8. The van der Waals surface area contributed by atoms with Crippen molar-refractivity contribution in [3.8, 4) is 5.88 Å². The molecule has 1 N–H and O–H groups in total. The summed E-state index contributed by atoms with van der Waals surface area (Å²) in [7, 11) is 0. The molecule has 1 aromatic heterocycles. The van der Waals surface area contributed by atoms with E-state index in [0.29, 0.717) is 29.3 Å². The van der Waals surface area contributed by atoms with E-state index in [9.17, 15) is 10.1 Å². The highest BCUT2D eigenvalue weighted by atomic mass is 16.6. The third-order valence-electron chi connectivity index (χ3n) is 3.72. The van der Waals surface area contributed by atoms with Gasteiger partial charge in [-0.3, -0.25) is 10.1 Å². The Balaban J connectivity index is 1.76. The molecular weight excluding hydrogens is 272 g/mol. The van der Waals surface area contributed by atoms with Crippen LogP contribution in [-0.2, 0) is 0 Å². The number of nitrogens with one attached hydrogen (secondary N) is 1. The van der Waals surface area contributed by atoms with Gasteiger partial charge in [-0.15, -0.1) is 0 Å². The van der Waals surface area contributed by atoms with E-state index in [1.165, 1.54) is 24.9 Å². The number of non-ortho nitro benzene ring substituents is 1. The first-order valence-electron chi connectivity index (χ1n) is 6.97. The molecule has 1 aromatic carbocycles. The Kier molecular flexibility index (Phi) is 3.92. The van der Waals surface area contributed by atoms with Gasteiger partial charge in [0.2, 0.25) is 5.88 Å². The zero-order chi connectivity index (χ0) is 14.7. The van der Waals surface area contributed by atoms with Crippen molar-refractivity contribution in [3.05, 3.63) is 34.6 Å². The number of hydrogen-bond donors (Lipinski definition) is 1. The van der Waals surface area contributed by atoms with Gasteiger partial charge < -0.3 is 10.1 Å². The highest BCUT2D eigenvalue weighted by Crippen LogP contribution is 2.26. The van der Waals surface area contributed by atoms with Crippen LogP contribution >= 0.6 is 0 Å². The topological polar surface area (TPSA) is 90.2 Å². The fraction of sp³-hybridized carbons (Fsp3) is 0.429. The molecule has 1 atom stereocenters. The lowest BCUT2D eigenvalue weighted by Gasteiger charge is -2.10. The number of rotatable bonds is 5. The number of nitrogens with zero attached hydrogens (tertiary/aromatic N) is 3. The normalized spacial score (nSPS) is 18.0. The number of ether oxygens (including phenoxy) is 1. The van der Waals surface area contributed by atoms with E-state index >= 15 is 0 Å². The second-order valence-corrected chi connectivity index (χ2v) is 5.13. The van der Waals surface area contributed by atoms with Gasteiger partial charge in [-0.25, -0.2) is 9.97 Å². The Morgan fingerprint density at radius 2 is 2.33 bits per heavy atom. The van der Waals surface area contributed by atoms with E-state index in [-0.39, 0.29) is 5.69 Å². The third-order valence-corrected chi connectivity index (χ3v) is 3.72. The highest BCUT2D eigenvalue weighted by Gasteiger charge is 2.15. The molecule has 1 fully saturated rings. The summed E-state index contributed by atoms with van der Waals surface area (Å²) in [4.78, 5) is 18.6. The molecule has 7 heteroatoms. The molecule has 2 heterocycles. The second kappa shape index (κ2) is 6.01. The zero-order valence-corrected chi connectivity index (χ0v) is 11.5. The van der Waals surface area contributed by atoms with Crippen molar-refractivity contribution in [2.24, 2.45) is 5.92 Å². The lowest BCUT2D eigenvalue weighted by Crippen LogP contribution is -2.12. The van der Waals surface area contributed by atoms with Crippen molar-refractivity contribution in [2.75, 3.05) is 19.7 Å². The van der Waals surface area contributed by atoms with Gasteiger partial charge in [0.25, 0.3) is 5.69 Å². The summed E-state index contributed by atoms with van der Waals surface area (Å²) in [6, 6.07) is 4.51. The quantitative estimate of drug-likeness (QED) is 0.667. The number of nitro groups is 1. The van der Waals surface area contributed by atoms with E-state index in [1.807, 2.05) is 0 Å². The minimum absolute atomic E-state index is 0.0159. The Bertz CT molecular complexity index is 656. The maximum atomic E-state index is 10.9. The number of benzene rings is 1. The molecule has 0 amide bonds. The molecule has 1 unspecified atom stereocenters. The summed E-state index contributed by atoms with van der Waals surface area (Å²) in [6.07, 6.45) is 3.54. The number of fused-ring (bicyclic) bond motifs is 1. The first-order valence-corrected chi connectivity index (χ1v) is 6.97. The van der Waals surface area contributed by atoms with Crippen LogP contribution in [0.5, 0.6) is 5.88 Å². The van der Waals surface area contributed by atoms with Crippen LogP contribution in [0.1, 0.15) is 12.8 Å². The van der Waals surface area contributed by atoms with Crippen LogP contribution in [0.25, 0.3) is 10.9 Å². The van der Waals surface area contributed by atoms with Gasteiger partial charge in [0, 0.05) is 12.1 Å². The van der Waals surface area contributed by atoms with Crippen LogP contribution in [-0.4, -0.2) is 34.6 Å². The number of hydrogen-bond acceptors (Lipinski definition) is 6. The molecule has 21 heavy (non-hydrogen) atoms. The van der Waals surface area contributed by atoms with E-state index < -0.39 is 4.92 Å². The predicted molar refractivity (Wildman–Crippen MR) is 77.3 cm³/mol. The molecule has 0 spiro atoms. The molecule has 110 valence electrons. The number of nitro benzene ring substituents is 1. The Morgan fingerprint density at radius 3 is 3.10 bits per heavy atom. The van der Waals surface area contributed by atoms with Crippen LogP contribution in [0, 0.1) is 16.0 Å². The van der Waals surface area contributed by atoms with Gasteiger partial charge >= 0.3 is 0 Å². The molecule has 1 aliphatic rings. The summed E-state index contributed by atoms with van der Waals surface area (Å²) < 4.78 is 5.71. The SMILES string of the molecule is O=[N+]([O-])c1ccc2ncnc(OCCC3CCNC3)c2c1. The van der Waals surface area contributed by atoms with E-state index in [0.717, 1.165) is 19.5 Å². The van der Waals surface area contributed by atoms with Gasteiger partial charge in [-0.1, -0.05) is 0 Å². The lowest BCUT2D eigenvalue weighted by molar-refractivity contribution is -0.384. The lowest BCUT2D eigenvalue weighted by atomic mass is 10.1. The second-order valence-electron chi connectivity index (χ2n) is 5.13. The first-order chi connectivity index (χ1) is 10.2. The van der Waals surface area contributed by atoms with Crippen LogP contribution < -0.4 is 10.1 Å². The summed E-state index contributed by atoms with van der Waals surface area (Å²) in [5.41, 5.74) is 0.662. The average molecular weight is 288 g/mol. The van der Waals surface area contributed by atoms with E-state index in [4.69, 9.17) is 4.74 Å². The van der Waals surface area contributed by atoms with Crippen LogP contribution in [0.15, 0.2) is 24.5 Å². The molecule has 0 bridgehead atoms. The number of aromatic nitrogens is 2. The molecule has 7 nitrogen and oxygen atoms in total. The van der Waals surface area contributed by atoms with Crippen LogP contribution in [0.2, 0.25) is 0 Å². The maximum absolute atomic E-state index is 10.9. The van der Waals surface area contributed by atoms with Crippen LogP contribution in [0.3, 0.4) is 0 Å². The Labute approximate surface area is 121 Å². The Hall–Kier alpha value is -2.28. The van der Waals surface area contributed by atoms with Crippen molar-refractivity contribution < 1.29 is 9.66 Å². The largest absolute Gasteiger partial charge is 0.477 e. The average Bonchev–Trinajstić information content (AvgIpc) is 3.00. The molecule has 0 aliphatic carbocycles. The minimum atomic E-state index is -0.430. The van der Waals surface area contributed by atoms with Gasteiger partial charge in [-0.2, -0.15) is 0 Å². The summed E-state index contributed by atoms with van der Waals surface area (Å²) in [6.45, 7) is 2.65. The van der Waals surface area contributed by atoms with Crippen molar-refractivity contribution in [1.29, 1.82) is 0 Å². The van der Waals surface area contributed by atoms with Gasteiger partial charge in [0.15, 0.2) is 0 Å². The first kappa shape index (κ1) is 13.7. The van der Waals surface area contributed by atoms with Crippen molar-refractivity contribution >= 4 is 16.6 Å². The van der Waals surface area contributed by atoms with E-state index in [1.54, 1.807) is 6.07 Å². The summed E-state index contributed by atoms with van der Waals surface area (Å²) in [5.74, 6) is 1.04. The highest BCUT2D eigenvalue weighted by molar-refractivity contribution is 5.85. The molecule has 2 aromatic rings. The molecule has 0 saturated carbocycles. The molecule has 1 saturated heterocycles. The molecule has 3 rings (SSSR count). The standard InChI is InChI=1S/C14H16N4O3/c19-18(20)11-1-2-13-12(7-11)14(17-9-16-13)21-6-4-10-3-5-15-8-10/h1-2,7,9-10,15H,3-6,8H2. The van der Waals surface area contributed by atoms with Gasteiger partial charge in [0.05, 0.1) is 22.4 Å². The smallest absolute Gasteiger partial charge is 0.270 e. The van der Waals surface area contributed by atoms with Crippen molar-refractivity contribution in [2.45, 2.75) is 12.8 Å².